The van der Waals surface area contributed by atoms with E-state index in [1.165, 1.54) is 12.1 Å². The Kier molecular flexibility index (Phi) is 5.06. The third-order valence-electron chi connectivity index (χ3n) is 2.94. The third kappa shape index (κ3) is 4.35. The first-order chi connectivity index (χ1) is 9.95. The van der Waals surface area contributed by atoms with E-state index in [1.807, 2.05) is 6.92 Å². The highest BCUT2D eigenvalue weighted by Gasteiger charge is 2.16. The zero-order chi connectivity index (χ0) is 15.4. The number of ether oxygens (including phenoxy) is 1. The van der Waals surface area contributed by atoms with E-state index in [-0.39, 0.29) is 16.8 Å². The van der Waals surface area contributed by atoms with Crippen molar-refractivity contribution in [2.45, 2.75) is 31.5 Å². The normalized spacial score (nSPS) is 14.1. The lowest BCUT2D eigenvalue weighted by Crippen LogP contribution is -2.06. The van der Waals surface area contributed by atoms with Crippen molar-refractivity contribution < 1.29 is 22.2 Å². The number of rotatable bonds is 6. The van der Waals surface area contributed by atoms with Gasteiger partial charge in [0.1, 0.15) is 11.5 Å². The number of halogens is 2. The zero-order valence-electron chi connectivity index (χ0n) is 11.6. The highest BCUT2D eigenvalue weighted by atomic mass is 32.2. The molecule has 21 heavy (non-hydrogen) atoms. The standard InChI is InChI=1S/C14H15F2NO3S/c1-9-7-12(17-20-9)8-21(18)10(2)11-3-5-13(6-4-11)19-14(15)16/h3-7,10,14H,8H2,1-2H3/t10-,21+/m0/s1. The van der Waals surface area contributed by atoms with Crippen LogP contribution in [0.25, 0.3) is 0 Å². The second-order valence-corrected chi connectivity index (χ2v) is 6.30. The van der Waals surface area contributed by atoms with E-state index in [9.17, 15) is 13.0 Å². The van der Waals surface area contributed by atoms with Crippen molar-refractivity contribution in [3.8, 4) is 5.75 Å². The number of hydrogen-bond donors (Lipinski definition) is 0. The second-order valence-electron chi connectivity index (χ2n) is 4.54. The fourth-order valence-corrected chi connectivity index (χ4v) is 2.97. The molecular weight excluding hydrogens is 300 g/mol. The minimum Gasteiger partial charge on any atom is -0.435 e. The molecule has 1 aromatic heterocycles. The van der Waals surface area contributed by atoms with Crippen LogP contribution in [0.4, 0.5) is 8.78 Å². The molecule has 7 heteroatoms. The average Bonchev–Trinajstić information content (AvgIpc) is 2.83. The molecule has 2 atom stereocenters. The number of aromatic nitrogens is 1. The van der Waals surface area contributed by atoms with Crippen LogP contribution < -0.4 is 4.74 Å². The predicted octanol–water partition coefficient (Wildman–Crippen LogP) is 3.59. The number of aryl methyl sites for hydroxylation is 1. The van der Waals surface area contributed by atoms with Gasteiger partial charge in [-0.05, 0) is 31.5 Å². The summed E-state index contributed by atoms with van der Waals surface area (Å²) >= 11 is 0. The molecule has 0 amide bonds. The molecule has 0 unspecified atom stereocenters. The summed E-state index contributed by atoms with van der Waals surface area (Å²) in [7, 11) is -1.18. The molecular formula is C14H15F2NO3S. The molecule has 4 nitrogen and oxygen atoms in total. The van der Waals surface area contributed by atoms with E-state index in [0.717, 1.165) is 5.56 Å². The molecule has 1 heterocycles. The molecule has 0 N–H and O–H groups in total. The van der Waals surface area contributed by atoms with E-state index >= 15 is 0 Å². The van der Waals surface area contributed by atoms with Crippen molar-refractivity contribution in [1.82, 2.24) is 5.16 Å². The van der Waals surface area contributed by atoms with Crippen molar-refractivity contribution in [2.75, 3.05) is 0 Å². The van der Waals surface area contributed by atoms with Gasteiger partial charge in [-0.15, -0.1) is 0 Å². The van der Waals surface area contributed by atoms with Gasteiger partial charge in [-0.3, -0.25) is 4.21 Å². The van der Waals surface area contributed by atoms with Crippen molar-refractivity contribution >= 4 is 10.8 Å². The van der Waals surface area contributed by atoms with Gasteiger partial charge in [0.25, 0.3) is 0 Å². The molecule has 1 aromatic carbocycles. The van der Waals surface area contributed by atoms with E-state index in [0.29, 0.717) is 11.5 Å². The Hall–Kier alpha value is -1.76. The summed E-state index contributed by atoms with van der Waals surface area (Å²) in [5.74, 6) is 1.04. The molecule has 114 valence electrons. The Labute approximate surface area is 123 Å². The minimum absolute atomic E-state index is 0.0823. The first kappa shape index (κ1) is 15.6. The van der Waals surface area contributed by atoms with Gasteiger partial charge in [0.15, 0.2) is 0 Å². The van der Waals surface area contributed by atoms with Crippen molar-refractivity contribution in [1.29, 1.82) is 0 Å². The lowest BCUT2D eigenvalue weighted by atomic mass is 10.2. The van der Waals surface area contributed by atoms with E-state index in [2.05, 4.69) is 9.89 Å². The lowest BCUT2D eigenvalue weighted by Gasteiger charge is -2.12. The highest BCUT2D eigenvalue weighted by molar-refractivity contribution is 7.84. The molecule has 0 aliphatic heterocycles. The highest BCUT2D eigenvalue weighted by Crippen LogP contribution is 2.24. The minimum atomic E-state index is -2.85. The Morgan fingerprint density at radius 2 is 2.00 bits per heavy atom. The van der Waals surface area contributed by atoms with Gasteiger partial charge >= 0.3 is 6.61 Å². The molecule has 2 rings (SSSR count). The summed E-state index contributed by atoms with van der Waals surface area (Å²) in [5.41, 5.74) is 1.42. The number of nitrogens with zero attached hydrogens (tertiary/aromatic N) is 1. The average molecular weight is 315 g/mol. The lowest BCUT2D eigenvalue weighted by molar-refractivity contribution is -0.0498. The van der Waals surface area contributed by atoms with Crippen LogP contribution in [0.3, 0.4) is 0 Å². The van der Waals surface area contributed by atoms with E-state index in [1.54, 1.807) is 25.1 Å². The van der Waals surface area contributed by atoms with Gasteiger partial charge in [0, 0.05) is 16.9 Å². The first-order valence-corrected chi connectivity index (χ1v) is 7.68. The van der Waals surface area contributed by atoms with Crippen LogP contribution >= 0.6 is 0 Å². The summed E-state index contributed by atoms with van der Waals surface area (Å²) in [5, 5.41) is 3.56. The van der Waals surface area contributed by atoms with Crippen LogP contribution in [0.15, 0.2) is 34.9 Å². The van der Waals surface area contributed by atoms with Crippen LogP contribution in [0, 0.1) is 6.92 Å². The molecule has 2 aromatic rings. The van der Waals surface area contributed by atoms with Crippen molar-refractivity contribution in [3.63, 3.8) is 0 Å². The predicted molar refractivity (Wildman–Crippen MR) is 74.6 cm³/mol. The molecule has 0 aliphatic carbocycles. The summed E-state index contributed by atoms with van der Waals surface area (Å²) in [6.45, 7) is 0.731. The van der Waals surface area contributed by atoms with Crippen LogP contribution in [0.2, 0.25) is 0 Å². The Balaban J connectivity index is 2.01. The summed E-state index contributed by atoms with van der Waals surface area (Å²) in [6, 6.07) is 7.89. The second kappa shape index (κ2) is 6.80. The number of alkyl halides is 2. The largest absolute Gasteiger partial charge is 0.435 e. The fourth-order valence-electron chi connectivity index (χ4n) is 1.83. The molecule has 0 spiro atoms. The monoisotopic (exact) mass is 315 g/mol. The Bertz CT molecular complexity index is 613. The number of benzene rings is 1. The van der Waals surface area contributed by atoms with Crippen LogP contribution in [-0.2, 0) is 16.6 Å². The number of hydrogen-bond acceptors (Lipinski definition) is 4. The molecule has 0 aliphatic rings. The maximum atomic E-state index is 12.3. The van der Waals surface area contributed by atoms with Crippen molar-refractivity contribution in [3.05, 3.63) is 47.3 Å². The summed E-state index contributed by atoms with van der Waals surface area (Å²) in [6.07, 6.45) is 0. The van der Waals surface area contributed by atoms with Gasteiger partial charge < -0.3 is 9.26 Å². The Morgan fingerprint density at radius 3 is 2.52 bits per heavy atom. The first-order valence-electron chi connectivity index (χ1n) is 6.30. The molecule has 0 saturated heterocycles. The van der Waals surface area contributed by atoms with E-state index in [4.69, 9.17) is 4.52 Å². The topological polar surface area (TPSA) is 52.3 Å². The third-order valence-corrected chi connectivity index (χ3v) is 4.58. The van der Waals surface area contributed by atoms with Crippen LogP contribution in [-0.4, -0.2) is 16.0 Å². The fraction of sp³-hybridized carbons (Fsp3) is 0.357. The quantitative estimate of drug-likeness (QED) is 0.817. The van der Waals surface area contributed by atoms with Gasteiger partial charge in [-0.1, -0.05) is 17.3 Å². The molecule has 0 radical (unpaired) electrons. The molecule has 0 saturated carbocycles. The van der Waals surface area contributed by atoms with Crippen LogP contribution in [0.1, 0.15) is 29.2 Å². The maximum absolute atomic E-state index is 12.3. The zero-order valence-corrected chi connectivity index (χ0v) is 12.4. The van der Waals surface area contributed by atoms with E-state index < -0.39 is 17.4 Å². The SMILES string of the molecule is Cc1cc(C[S@@](=O)[C@@H](C)c2ccc(OC(F)F)cc2)no1. The molecule has 0 fully saturated rings. The van der Waals surface area contributed by atoms with Gasteiger partial charge in [-0.2, -0.15) is 8.78 Å². The summed E-state index contributed by atoms with van der Waals surface area (Å²) in [4.78, 5) is 0. The van der Waals surface area contributed by atoms with Gasteiger partial charge in [-0.25, -0.2) is 0 Å². The molecule has 0 bridgehead atoms. The maximum Gasteiger partial charge on any atom is 0.387 e. The van der Waals surface area contributed by atoms with Crippen LogP contribution in [0.5, 0.6) is 5.75 Å². The van der Waals surface area contributed by atoms with Gasteiger partial charge in [0.2, 0.25) is 0 Å². The smallest absolute Gasteiger partial charge is 0.387 e. The Morgan fingerprint density at radius 1 is 1.33 bits per heavy atom. The van der Waals surface area contributed by atoms with Gasteiger partial charge in [0.05, 0.1) is 16.7 Å². The summed E-state index contributed by atoms with van der Waals surface area (Å²) < 4.78 is 45.6. The van der Waals surface area contributed by atoms with Crippen molar-refractivity contribution in [2.24, 2.45) is 0 Å².